The van der Waals surface area contributed by atoms with Crippen LogP contribution in [0.15, 0.2) is 47.4 Å². The Balaban J connectivity index is 1.27. The summed E-state index contributed by atoms with van der Waals surface area (Å²) in [4.78, 5) is 29.8. The minimum Gasteiger partial charge on any atom is -0.482 e. The van der Waals surface area contributed by atoms with Gasteiger partial charge in [-0.2, -0.15) is 4.31 Å². The molecule has 9 nitrogen and oxygen atoms in total. The van der Waals surface area contributed by atoms with Gasteiger partial charge in [0, 0.05) is 37.4 Å². The number of piperidine rings is 1. The molecule has 0 saturated carbocycles. The van der Waals surface area contributed by atoms with Crippen LogP contribution in [-0.2, 0) is 14.8 Å². The van der Waals surface area contributed by atoms with Crippen LogP contribution in [0, 0.1) is 0 Å². The number of nitrogens with one attached hydrogen (secondary N) is 1. The monoisotopic (exact) mass is 512 g/mol. The van der Waals surface area contributed by atoms with Crippen LogP contribution in [0.25, 0.3) is 0 Å². The van der Waals surface area contributed by atoms with Crippen molar-refractivity contribution in [1.29, 1.82) is 0 Å². The van der Waals surface area contributed by atoms with Gasteiger partial charge in [0.15, 0.2) is 6.61 Å². The van der Waals surface area contributed by atoms with Crippen molar-refractivity contribution in [1.82, 2.24) is 9.21 Å². The Morgan fingerprint density at radius 2 is 1.58 bits per heavy atom. The molecule has 2 aromatic rings. The minimum atomic E-state index is -3.53. The number of anilines is 2. The zero-order chi connectivity index (χ0) is 25.1. The van der Waals surface area contributed by atoms with Gasteiger partial charge in [-0.3, -0.25) is 9.59 Å². The van der Waals surface area contributed by atoms with Crippen LogP contribution in [0.2, 0.25) is 0 Å². The SMILES string of the molecule is O=C(Nc1ccc2c(c1)N(CCN1CCCCC1)C(=O)CO2)c1ccc(S(=O)(=O)N2CCCC2)cc1. The Morgan fingerprint density at radius 3 is 2.31 bits per heavy atom. The fourth-order valence-corrected chi connectivity index (χ4v) is 6.53. The molecule has 5 rings (SSSR count). The topological polar surface area (TPSA) is 99.3 Å². The first-order chi connectivity index (χ1) is 17.4. The molecule has 0 aliphatic carbocycles. The second-order valence-corrected chi connectivity index (χ2v) is 11.4. The summed E-state index contributed by atoms with van der Waals surface area (Å²) in [5.74, 6) is 0.156. The number of rotatable bonds is 7. The molecule has 3 heterocycles. The highest BCUT2D eigenvalue weighted by Crippen LogP contribution is 2.35. The molecule has 0 aromatic heterocycles. The third-order valence-electron chi connectivity index (χ3n) is 7.07. The van der Waals surface area contributed by atoms with Gasteiger partial charge in [0.1, 0.15) is 5.75 Å². The summed E-state index contributed by atoms with van der Waals surface area (Å²) in [5.41, 5.74) is 1.53. The maximum atomic E-state index is 12.9. The lowest BCUT2D eigenvalue weighted by Gasteiger charge is -2.33. The van der Waals surface area contributed by atoms with Crippen molar-refractivity contribution in [3.05, 3.63) is 48.0 Å². The van der Waals surface area contributed by atoms with E-state index in [1.54, 1.807) is 23.1 Å². The van der Waals surface area contributed by atoms with Gasteiger partial charge < -0.3 is 19.9 Å². The number of likely N-dealkylation sites (tertiary alicyclic amines) is 1. The maximum absolute atomic E-state index is 12.9. The first-order valence-electron chi connectivity index (χ1n) is 12.6. The Labute approximate surface area is 212 Å². The number of benzene rings is 2. The summed E-state index contributed by atoms with van der Waals surface area (Å²) in [6, 6.07) is 11.3. The zero-order valence-corrected chi connectivity index (χ0v) is 21.1. The van der Waals surface area contributed by atoms with E-state index in [9.17, 15) is 18.0 Å². The molecule has 192 valence electrons. The van der Waals surface area contributed by atoms with E-state index in [-0.39, 0.29) is 23.3 Å². The van der Waals surface area contributed by atoms with Crippen molar-refractivity contribution in [2.45, 2.75) is 37.0 Å². The van der Waals surface area contributed by atoms with Gasteiger partial charge in [-0.1, -0.05) is 6.42 Å². The van der Waals surface area contributed by atoms with Crippen molar-refractivity contribution in [2.24, 2.45) is 0 Å². The third kappa shape index (κ3) is 5.25. The van der Waals surface area contributed by atoms with Crippen molar-refractivity contribution >= 4 is 33.2 Å². The largest absolute Gasteiger partial charge is 0.482 e. The molecule has 0 radical (unpaired) electrons. The van der Waals surface area contributed by atoms with Gasteiger partial charge in [-0.15, -0.1) is 0 Å². The number of nitrogens with zero attached hydrogens (tertiary/aromatic N) is 3. The first-order valence-corrected chi connectivity index (χ1v) is 14.1. The van der Waals surface area contributed by atoms with Gasteiger partial charge in [0.25, 0.3) is 11.8 Å². The Hall–Kier alpha value is -2.95. The predicted molar refractivity (Wildman–Crippen MR) is 137 cm³/mol. The molecule has 2 amide bonds. The summed E-state index contributed by atoms with van der Waals surface area (Å²) < 4.78 is 32.6. The van der Waals surface area contributed by atoms with E-state index in [1.165, 1.54) is 47.8 Å². The number of sulfonamides is 1. The van der Waals surface area contributed by atoms with E-state index in [4.69, 9.17) is 4.74 Å². The highest BCUT2D eigenvalue weighted by molar-refractivity contribution is 7.89. The highest BCUT2D eigenvalue weighted by atomic mass is 32.2. The number of ether oxygens (including phenoxy) is 1. The summed E-state index contributed by atoms with van der Waals surface area (Å²) >= 11 is 0. The molecule has 2 saturated heterocycles. The molecular weight excluding hydrogens is 480 g/mol. The lowest BCUT2D eigenvalue weighted by atomic mass is 10.1. The summed E-state index contributed by atoms with van der Waals surface area (Å²) in [6.45, 7) is 4.55. The van der Waals surface area contributed by atoms with Crippen LogP contribution in [-0.4, -0.2) is 75.3 Å². The van der Waals surface area contributed by atoms with Crippen LogP contribution in [0.3, 0.4) is 0 Å². The van der Waals surface area contributed by atoms with Crippen molar-refractivity contribution < 1.29 is 22.7 Å². The maximum Gasteiger partial charge on any atom is 0.265 e. The Kier molecular flexibility index (Phi) is 7.27. The van der Waals surface area contributed by atoms with Gasteiger partial charge >= 0.3 is 0 Å². The van der Waals surface area contributed by atoms with Gasteiger partial charge in [0.2, 0.25) is 10.0 Å². The predicted octanol–water partition coefficient (Wildman–Crippen LogP) is 2.93. The molecular formula is C26H32N4O5S. The smallest absolute Gasteiger partial charge is 0.265 e. The number of carbonyl (C=O) groups is 2. The molecule has 36 heavy (non-hydrogen) atoms. The van der Waals surface area contributed by atoms with Crippen LogP contribution >= 0.6 is 0 Å². The molecule has 3 aliphatic rings. The highest BCUT2D eigenvalue weighted by Gasteiger charge is 2.28. The van der Waals surface area contributed by atoms with E-state index in [1.807, 2.05) is 0 Å². The van der Waals surface area contributed by atoms with Crippen LogP contribution in [0.5, 0.6) is 5.75 Å². The molecule has 1 N–H and O–H groups in total. The van der Waals surface area contributed by atoms with Crippen LogP contribution in [0.4, 0.5) is 11.4 Å². The van der Waals surface area contributed by atoms with Crippen molar-refractivity contribution in [3.8, 4) is 5.75 Å². The first kappa shape index (κ1) is 24.7. The summed E-state index contributed by atoms with van der Waals surface area (Å²) in [7, 11) is -3.53. The van der Waals surface area contributed by atoms with Crippen LogP contribution < -0.4 is 15.0 Å². The number of fused-ring (bicyclic) bond motifs is 1. The molecule has 3 aliphatic heterocycles. The number of amides is 2. The zero-order valence-electron chi connectivity index (χ0n) is 20.3. The second kappa shape index (κ2) is 10.6. The summed E-state index contributed by atoms with van der Waals surface area (Å²) in [6.07, 6.45) is 5.37. The van der Waals surface area contributed by atoms with E-state index in [2.05, 4.69) is 10.2 Å². The van der Waals surface area contributed by atoms with Crippen molar-refractivity contribution in [3.63, 3.8) is 0 Å². The Morgan fingerprint density at radius 1 is 0.889 bits per heavy atom. The van der Waals surface area contributed by atoms with Gasteiger partial charge in [-0.25, -0.2) is 8.42 Å². The molecule has 0 atom stereocenters. The standard InChI is InChI=1S/C26H32N4O5S/c31-25-19-35-24-11-8-21(18-23(24)30(25)17-16-28-12-2-1-3-13-28)27-26(32)20-6-9-22(10-7-20)36(33,34)29-14-4-5-15-29/h6-11,18H,1-5,12-17,19H2,(H,27,32). The van der Waals surface area contributed by atoms with E-state index in [0.717, 1.165) is 32.5 Å². The normalized spacial score (nSPS) is 19.1. The van der Waals surface area contributed by atoms with Crippen molar-refractivity contribution in [2.75, 3.05) is 56.1 Å². The number of hydrogen-bond acceptors (Lipinski definition) is 6. The fourth-order valence-electron chi connectivity index (χ4n) is 5.01. The third-order valence-corrected chi connectivity index (χ3v) is 8.98. The van der Waals surface area contributed by atoms with E-state index in [0.29, 0.717) is 42.3 Å². The summed E-state index contributed by atoms with van der Waals surface area (Å²) in [5, 5.41) is 2.86. The number of carbonyl (C=O) groups excluding carboxylic acids is 2. The van der Waals surface area contributed by atoms with Crippen LogP contribution in [0.1, 0.15) is 42.5 Å². The molecule has 0 unspecified atom stereocenters. The van der Waals surface area contributed by atoms with E-state index < -0.39 is 10.0 Å². The molecule has 0 bridgehead atoms. The Bertz CT molecular complexity index is 1220. The molecule has 0 spiro atoms. The average Bonchev–Trinajstić information content (AvgIpc) is 3.45. The van der Waals surface area contributed by atoms with E-state index >= 15 is 0 Å². The molecule has 2 fully saturated rings. The minimum absolute atomic E-state index is 0.00535. The molecule has 10 heteroatoms. The lowest BCUT2D eigenvalue weighted by molar-refractivity contribution is -0.121. The average molecular weight is 513 g/mol. The molecule has 2 aromatic carbocycles. The van der Waals surface area contributed by atoms with Gasteiger partial charge in [-0.05, 0) is 81.2 Å². The number of hydrogen-bond donors (Lipinski definition) is 1. The fraction of sp³-hybridized carbons (Fsp3) is 0.462. The lowest BCUT2D eigenvalue weighted by Crippen LogP contribution is -2.44. The second-order valence-electron chi connectivity index (χ2n) is 9.51. The quantitative estimate of drug-likeness (QED) is 0.613. The van der Waals surface area contributed by atoms with Gasteiger partial charge in [0.05, 0.1) is 10.6 Å².